The molecule has 0 saturated carbocycles. The molecule has 0 unspecified atom stereocenters. The summed E-state index contributed by atoms with van der Waals surface area (Å²) in [6, 6.07) is 1.64. The van der Waals surface area contributed by atoms with E-state index in [9.17, 15) is 4.79 Å². The van der Waals surface area contributed by atoms with Crippen LogP contribution in [0.15, 0.2) is 18.7 Å². The lowest BCUT2D eigenvalue weighted by atomic mass is 10.3. The summed E-state index contributed by atoms with van der Waals surface area (Å²) in [6.45, 7) is 8.63. The summed E-state index contributed by atoms with van der Waals surface area (Å²) >= 11 is 0. The number of aryl methyl sites for hydroxylation is 1. The predicted octanol–water partition coefficient (Wildman–Crippen LogP) is 1.52. The van der Waals surface area contributed by atoms with Crippen LogP contribution in [-0.4, -0.2) is 29.0 Å². The van der Waals surface area contributed by atoms with Crippen molar-refractivity contribution in [2.75, 3.05) is 18.4 Å². The van der Waals surface area contributed by atoms with E-state index in [1.807, 2.05) is 6.92 Å². The van der Waals surface area contributed by atoms with Gasteiger partial charge in [0.1, 0.15) is 17.3 Å². The Kier molecular flexibility index (Phi) is 5.13. The number of amides is 1. The zero-order valence-corrected chi connectivity index (χ0v) is 10.3. The molecule has 1 aromatic heterocycles. The van der Waals surface area contributed by atoms with Crippen molar-refractivity contribution in [3.05, 3.63) is 30.2 Å². The SMILES string of the molecule is C=CCNc1cc(C(=O)NCCC)nc(C)n1. The first-order valence-corrected chi connectivity index (χ1v) is 5.66. The highest BCUT2D eigenvalue weighted by atomic mass is 16.1. The van der Waals surface area contributed by atoms with Gasteiger partial charge in [0.15, 0.2) is 0 Å². The minimum Gasteiger partial charge on any atom is -0.366 e. The summed E-state index contributed by atoms with van der Waals surface area (Å²) in [6.07, 6.45) is 2.63. The highest BCUT2D eigenvalue weighted by Crippen LogP contribution is 2.06. The first kappa shape index (κ1) is 13.2. The number of aromatic nitrogens is 2. The summed E-state index contributed by atoms with van der Waals surface area (Å²) in [5.74, 6) is 1.04. The first-order chi connectivity index (χ1) is 8.17. The van der Waals surface area contributed by atoms with Crippen molar-refractivity contribution in [3.63, 3.8) is 0 Å². The molecule has 17 heavy (non-hydrogen) atoms. The number of nitrogens with one attached hydrogen (secondary N) is 2. The van der Waals surface area contributed by atoms with Gasteiger partial charge in [-0.2, -0.15) is 0 Å². The van der Waals surface area contributed by atoms with E-state index in [0.717, 1.165) is 6.42 Å². The second-order valence-electron chi connectivity index (χ2n) is 3.61. The fraction of sp³-hybridized carbons (Fsp3) is 0.417. The van der Waals surface area contributed by atoms with Gasteiger partial charge in [-0.3, -0.25) is 4.79 Å². The average Bonchev–Trinajstić information content (AvgIpc) is 2.32. The fourth-order valence-corrected chi connectivity index (χ4v) is 1.28. The smallest absolute Gasteiger partial charge is 0.270 e. The van der Waals surface area contributed by atoms with E-state index < -0.39 is 0 Å². The van der Waals surface area contributed by atoms with Crippen LogP contribution in [-0.2, 0) is 0 Å². The second kappa shape index (κ2) is 6.62. The third-order valence-electron chi connectivity index (χ3n) is 2.03. The minimum absolute atomic E-state index is 0.168. The van der Waals surface area contributed by atoms with Gasteiger partial charge in [0.05, 0.1) is 0 Å². The molecule has 1 amide bonds. The van der Waals surface area contributed by atoms with Gasteiger partial charge in [0.2, 0.25) is 0 Å². The zero-order chi connectivity index (χ0) is 12.7. The Balaban J connectivity index is 2.80. The Bertz CT molecular complexity index is 403. The monoisotopic (exact) mass is 234 g/mol. The van der Waals surface area contributed by atoms with E-state index in [-0.39, 0.29) is 5.91 Å². The molecule has 0 atom stereocenters. The molecule has 0 aromatic carbocycles. The van der Waals surface area contributed by atoms with E-state index >= 15 is 0 Å². The molecule has 92 valence electrons. The third-order valence-corrected chi connectivity index (χ3v) is 2.03. The van der Waals surface area contributed by atoms with Crippen LogP contribution in [0.2, 0.25) is 0 Å². The van der Waals surface area contributed by atoms with Gasteiger partial charge >= 0.3 is 0 Å². The van der Waals surface area contributed by atoms with Crippen LogP contribution >= 0.6 is 0 Å². The largest absolute Gasteiger partial charge is 0.366 e. The van der Waals surface area contributed by atoms with Crippen molar-refractivity contribution in [3.8, 4) is 0 Å². The molecule has 0 aliphatic heterocycles. The maximum Gasteiger partial charge on any atom is 0.270 e. The van der Waals surface area contributed by atoms with Gasteiger partial charge in [-0.15, -0.1) is 6.58 Å². The molecular weight excluding hydrogens is 216 g/mol. The van der Waals surface area contributed by atoms with E-state index in [1.165, 1.54) is 0 Å². The maximum atomic E-state index is 11.7. The van der Waals surface area contributed by atoms with Gasteiger partial charge in [-0.25, -0.2) is 9.97 Å². The summed E-state index contributed by atoms with van der Waals surface area (Å²) < 4.78 is 0. The van der Waals surface area contributed by atoms with Crippen LogP contribution in [0.3, 0.4) is 0 Å². The summed E-state index contributed by atoms with van der Waals surface area (Å²) in [5.41, 5.74) is 0.387. The van der Waals surface area contributed by atoms with Crippen LogP contribution in [0.1, 0.15) is 29.7 Å². The molecule has 1 heterocycles. The van der Waals surface area contributed by atoms with Crippen molar-refractivity contribution < 1.29 is 4.79 Å². The van der Waals surface area contributed by atoms with E-state index in [1.54, 1.807) is 19.1 Å². The molecule has 1 rings (SSSR count). The van der Waals surface area contributed by atoms with E-state index in [2.05, 4.69) is 27.2 Å². The average molecular weight is 234 g/mol. The zero-order valence-electron chi connectivity index (χ0n) is 10.3. The third kappa shape index (κ3) is 4.22. The van der Waals surface area contributed by atoms with Crippen LogP contribution in [0, 0.1) is 6.92 Å². The molecule has 0 aliphatic rings. The van der Waals surface area contributed by atoms with Crippen LogP contribution in [0.5, 0.6) is 0 Å². The van der Waals surface area contributed by atoms with E-state index in [4.69, 9.17) is 0 Å². The quantitative estimate of drug-likeness (QED) is 0.732. The number of hydrogen-bond donors (Lipinski definition) is 2. The van der Waals surface area contributed by atoms with Gasteiger partial charge in [-0.05, 0) is 13.3 Å². The van der Waals surface area contributed by atoms with Crippen LogP contribution in [0.25, 0.3) is 0 Å². The number of nitrogens with zero attached hydrogens (tertiary/aromatic N) is 2. The Morgan fingerprint density at radius 1 is 1.53 bits per heavy atom. The summed E-state index contributed by atoms with van der Waals surface area (Å²) in [4.78, 5) is 20.0. The van der Waals surface area contributed by atoms with Crippen molar-refractivity contribution in [1.29, 1.82) is 0 Å². The number of carbonyl (C=O) groups is 1. The molecule has 5 heteroatoms. The lowest BCUT2D eigenvalue weighted by molar-refractivity contribution is 0.0948. The van der Waals surface area contributed by atoms with Gasteiger partial charge in [0.25, 0.3) is 5.91 Å². The predicted molar refractivity (Wildman–Crippen MR) is 68.1 cm³/mol. The minimum atomic E-state index is -0.168. The number of carbonyl (C=O) groups excluding carboxylic acids is 1. The molecule has 0 bridgehead atoms. The van der Waals surface area contributed by atoms with Crippen molar-refractivity contribution in [2.24, 2.45) is 0 Å². The molecule has 0 aliphatic carbocycles. The molecular formula is C12H18N4O. The highest BCUT2D eigenvalue weighted by Gasteiger charge is 2.09. The van der Waals surface area contributed by atoms with Crippen LogP contribution in [0.4, 0.5) is 5.82 Å². The summed E-state index contributed by atoms with van der Waals surface area (Å²) in [5, 5.41) is 5.82. The van der Waals surface area contributed by atoms with Crippen molar-refractivity contribution in [2.45, 2.75) is 20.3 Å². The Labute approximate surface area is 101 Å². The Hall–Kier alpha value is -1.91. The lowest BCUT2D eigenvalue weighted by Crippen LogP contribution is -2.25. The number of rotatable bonds is 6. The number of anilines is 1. The first-order valence-electron chi connectivity index (χ1n) is 5.66. The van der Waals surface area contributed by atoms with Crippen molar-refractivity contribution in [1.82, 2.24) is 15.3 Å². The van der Waals surface area contributed by atoms with Gasteiger partial charge < -0.3 is 10.6 Å². The van der Waals surface area contributed by atoms with Crippen molar-refractivity contribution >= 4 is 11.7 Å². The molecule has 1 aromatic rings. The molecule has 0 radical (unpaired) electrons. The maximum absolute atomic E-state index is 11.7. The van der Waals surface area contributed by atoms with Gasteiger partial charge in [-0.1, -0.05) is 13.0 Å². The Morgan fingerprint density at radius 3 is 2.94 bits per heavy atom. The molecule has 5 nitrogen and oxygen atoms in total. The Morgan fingerprint density at radius 2 is 2.29 bits per heavy atom. The molecule has 0 saturated heterocycles. The van der Waals surface area contributed by atoms with Gasteiger partial charge in [0, 0.05) is 19.2 Å². The molecule has 2 N–H and O–H groups in total. The summed E-state index contributed by atoms with van der Waals surface area (Å²) in [7, 11) is 0. The topological polar surface area (TPSA) is 66.9 Å². The van der Waals surface area contributed by atoms with E-state index in [0.29, 0.717) is 30.4 Å². The van der Waals surface area contributed by atoms with Crippen LogP contribution < -0.4 is 10.6 Å². The highest BCUT2D eigenvalue weighted by molar-refractivity contribution is 5.92. The fourth-order valence-electron chi connectivity index (χ4n) is 1.28. The standard InChI is InChI=1S/C12H18N4O/c1-4-6-13-11-8-10(15-9(3)16-11)12(17)14-7-5-2/h4,8H,1,5-7H2,2-3H3,(H,14,17)(H,13,15,16). The second-order valence-corrected chi connectivity index (χ2v) is 3.61. The number of hydrogen-bond acceptors (Lipinski definition) is 4. The normalized spacial score (nSPS) is 9.76. The molecule has 0 fully saturated rings. The lowest BCUT2D eigenvalue weighted by Gasteiger charge is -2.07. The molecule has 0 spiro atoms.